The van der Waals surface area contributed by atoms with E-state index < -0.39 is 11.7 Å². The molecule has 1 aliphatic rings. The number of rotatable bonds is 9. The third-order valence-corrected chi connectivity index (χ3v) is 6.00. The number of benzene rings is 3. The number of hydrogen-bond donors (Lipinski definition) is 1. The van der Waals surface area contributed by atoms with Crippen molar-refractivity contribution in [3.05, 3.63) is 95.5 Å². The predicted molar refractivity (Wildman–Crippen MR) is 140 cm³/mol. The number of nitrogens with one attached hydrogen (secondary N) is 1. The summed E-state index contributed by atoms with van der Waals surface area (Å²) in [5.41, 5.74) is 3.10. The van der Waals surface area contributed by atoms with Crippen LogP contribution in [0.5, 0.6) is 5.75 Å². The zero-order valence-corrected chi connectivity index (χ0v) is 20.5. The van der Waals surface area contributed by atoms with E-state index in [0.29, 0.717) is 18.0 Å². The van der Waals surface area contributed by atoms with Crippen LogP contribution < -0.4 is 19.9 Å². The van der Waals surface area contributed by atoms with E-state index in [1.807, 2.05) is 6.07 Å². The summed E-state index contributed by atoms with van der Waals surface area (Å²) < 4.78 is 19.9. The molecule has 0 unspecified atom stereocenters. The fraction of sp³-hybridized carbons (Fsp3) is 0.241. The SMILES string of the molecule is CCN(CCCNC(=O)CN1C(=O)C(=Cc2ccccc2F)Oc2ccccc21)c1cccc(C)c1. The molecule has 36 heavy (non-hydrogen) atoms. The van der Waals surface area contributed by atoms with Crippen LogP contribution >= 0.6 is 0 Å². The number of ether oxygens (including phenoxy) is 1. The molecule has 1 aliphatic heterocycles. The first-order valence-corrected chi connectivity index (χ1v) is 12.1. The van der Waals surface area contributed by atoms with Crippen LogP contribution in [-0.4, -0.2) is 38.0 Å². The summed E-state index contributed by atoms with van der Waals surface area (Å²) in [5.74, 6) is -0.837. The molecule has 4 rings (SSSR count). The molecular formula is C29H30FN3O3. The van der Waals surface area contributed by atoms with Crippen molar-refractivity contribution in [2.24, 2.45) is 0 Å². The van der Waals surface area contributed by atoms with Gasteiger partial charge < -0.3 is 15.0 Å². The van der Waals surface area contributed by atoms with Crippen molar-refractivity contribution >= 4 is 29.3 Å². The van der Waals surface area contributed by atoms with E-state index in [9.17, 15) is 14.0 Å². The fourth-order valence-electron chi connectivity index (χ4n) is 4.14. The highest BCUT2D eigenvalue weighted by atomic mass is 19.1. The lowest BCUT2D eigenvalue weighted by Gasteiger charge is -2.30. The number of carbonyl (C=O) groups excluding carboxylic acids is 2. The molecule has 0 saturated heterocycles. The van der Waals surface area contributed by atoms with Gasteiger partial charge in [-0.05, 0) is 62.2 Å². The molecular weight excluding hydrogens is 457 g/mol. The molecule has 3 aromatic carbocycles. The molecule has 0 fully saturated rings. The van der Waals surface area contributed by atoms with Gasteiger partial charge in [0.05, 0.1) is 5.69 Å². The van der Waals surface area contributed by atoms with E-state index in [4.69, 9.17) is 4.74 Å². The Morgan fingerprint density at radius 1 is 1.08 bits per heavy atom. The van der Waals surface area contributed by atoms with Crippen molar-refractivity contribution in [3.63, 3.8) is 0 Å². The number of para-hydroxylation sites is 2. The molecule has 0 spiro atoms. The number of fused-ring (bicyclic) bond motifs is 1. The summed E-state index contributed by atoms with van der Waals surface area (Å²) in [4.78, 5) is 29.6. The quantitative estimate of drug-likeness (QED) is 0.343. The van der Waals surface area contributed by atoms with Gasteiger partial charge in [-0.25, -0.2) is 4.39 Å². The predicted octanol–water partition coefficient (Wildman–Crippen LogP) is 4.93. The van der Waals surface area contributed by atoms with Gasteiger partial charge in [0.15, 0.2) is 11.5 Å². The minimum absolute atomic E-state index is 0.0386. The van der Waals surface area contributed by atoms with Crippen LogP contribution in [0.1, 0.15) is 24.5 Å². The van der Waals surface area contributed by atoms with Crippen LogP contribution in [0.4, 0.5) is 15.8 Å². The molecule has 0 bridgehead atoms. The smallest absolute Gasteiger partial charge is 0.294 e. The van der Waals surface area contributed by atoms with E-state index >= 15 is 0 Å². The number of aryl methyl sites for hydroxylation is 1. The summed E-state index contributed by atoms with van der Waals surface area (Å²) >= 11 is 0. The molecule has 0 saturated carbocycles. The highest BCUT2D eigenvalue weighted by Crippen LogP contribution is 2.35. The topological polar surface area (TPSA) is 61.9 Å². The summed E-state index contributed by atoms with van der Waals surface area (Å²) in [6.07, 6.45) is 2.13. The standard InChI is InChI=1S/C29H30FN3O3/c1-3-32(23-12-8-10-21(2)18-23)17-9-16-31-28(34)20-33-25-14-6-7-15-26(25)36-27(29(33)35)19-22-11-4-5-13-24(22)30/h4-8,10-15,18-19H,3,9,16-17,20H2,1-2H3,(H,31,34). The first-order valence-electron chi connectivity index (χ1n) is 12.1. The van der Waals surface area contributed by atoms with Gasteiger partial charge in [0, 0.05) is 30.9 Å². The fourth-order valence-corrected chi connectivity index (χ4v) is 4.14. The Labute approximate surface area is 211 Å². The Balaban J connectivity index is 1.40. The molecule has 0 aliphatic carbocycles. The van der Waals surface area contributed by atoms with E-state index in [0.717, 1.165) is 25.2 Å². The minimum atomic E-state index is -0.497. The molecule has 3 aromatic rings. The summed E-state index contributed by atoms with van der Waals surface area (Å²) in [7, 11) is 0. The van der Waals surface area contributed by atoms with Crippen molar-refractivity contribution in [2.45, 2.75) is 20.3 Å². The van der Waals surface area contributed by atoms with Crippen molar-refractivity contribution in [1.29, 1.82) is 0 Å². The largest absolute Gasteiger partial charge is 0.449 e. The van der Waals surface area contributed by atoms with Gasteiger partial charge >= 0.3 is 0 Å². The van der Waals surface area contributed by atoms with E-state index in [1.165, 1.54) is 22.6 Å². The van der Waals surface area contributed by atoms with E-state index in [1.54, 1.807) is 42.5 Å². The molecule has 7 heteroatoms. The van der Waals surface area contributed by atoms with E-state index in [-0.39, 0.29) is 23.8 Å². The van der Waals surface area contributed by atoms with E-state index in [2.05, 4.69) is 42.3 Å². The number of amides is 2. The van der Waals surface area contributed by atoms with Gasteiger partial charge in [0.1, 0.15) is 12.4 Å². The highest BCUT2D eigenvalue weighted by Gasteiger charge is 2.31. The van der Waals surface area contributed by atoms with Crippen LogP contribution in [0.3, 0.4) is 0 Å². The second kappa shape index (κ2) is 11.5. The number of anilines is 2. The van der Waals surface area contributed by atoms with Crippen molar-refractivity contribution in [3.8, 4) is 5.75 Å². The molecule has 2 amide bonds. The van der Waals surface area contributed by atoms with Gasteiger partial charge in [-0.2, -0.15) is 0 Å². The summed E-state index contributed by atoms with van der Waals surface area (Å²) in [6.45, 7) is 6.17. The van der Waals surface area contributed by atoms with Crippen LogP contribution in [0, 0.1) is 12.7 Å². The van der Waals surface area contributed by atoms with Crippen LogP contribution in [0.25, 0.3) is 6.08 Å². The lowest BCUT2D eigenvalue weighted by Crippen LogP contribution is -2.44. The normalized spacial score (nSPS) is 13.8. The molecule has 1 heterocycles. The first-order chi connectivity index (χ1) is 17.5. The van der Waals surface area contributed by atoms with Crippen molar-refractivity contribution < 1.29 is 18.7 Å². The minimum Gasteiger partial charge on any atom is -0.449 e. The first kappa shape index (κ1) is 25.0. The monoisotopic (exact) mass is 487 g/mol. The Morgan fingerprint density at radius 2 is 1.86 bits per heavy atom. The third kappa shape index (κ3) is 5.92. The van der Waals surface area contributed by atoms with Crippen molar-refractivity contribution in [1.82, 2.24) is 5.32 Å². The van der Waals surface area contributed by atoms with Gasteiger partial charge in [-0.15, -0.1) is 0 Å². The average molecular weight is 488 g/mol. The molecule has 0 atom stereocenters. The van der Waals surface area contributed by atoms with Crippen LogP contribution in [0.15, 0.2) is 78.6 Å². The Morgan fingerprint density at radius 3 is 2.64 bits per heavy atom. The van der Waals surface area contributed by atoms with Gasteiger partial charge in [-0.1, -0.05) is 42.5 Å². The Hall–Kier alpha value is -4.13. The Kier molecular flexibility index (Phi) is 8.00. The highest BCUT2D eigenvalue weighted by molar-refractivity contribution is 6.12. The maximum absolute atomic E-state index is 14.2. The maximum Gasteiger partial charge on any atom is 0.294 e. The second-order valence-corrected chi connectivity index (χ2v) is 8.61. The average Bonchev–Trinajstić information content (AvgIpc) is 2.88. The maximum atomic E-state index is 14.2. The molecule has 186 valence electrons. The molecule has 0 aromatic heterocycles. The molecule has 6 nitrogen and oxygen atoms in total. The molecule has 1 N–H and O–H groups in total. The number of carbonyl (C=O) groups is 2. The van der Waals surface area contributed by atoms with Crippen LogP contribution in [-0.2, 0) is 9.59 Å². The van der Waals surface area contributed by atoms with Gasteiger partial charge in [0.2, 0.25) is 5.91 Å². The number of hydrogen-bond acceptors (Lipinski definition) is 4. The lowest BCUT2D eigenvalue weighted by atomic mass is 10.1. The van der Waals surface area contributed by atoms with Crippen molar-refractivity contribution in [2.75, 3.05) is 36.0 Å². The summed E-state index contributed by atoms with van der Waals surface area (Å²) in [6, 6.07) is 21.5. The van der Waals surface area contributed by atoms with Crippen LogP contribution in [0.2, 0.25) is 0 Å². The van der Waals surface area contributed by atoms with Gasteiger partial charge in [0.25, 0.3) is 5.91 Å². The summed E-state index contributed by atoms with van der Waals surface area (Å²) in [5, 5.41) is 2.92. The Bertz CT molecular complexity index is 1270. The second-order valence-electron chi connectivity index (χ2n) is 8.61. The third-order valence-electron chi connectivity index (χ3n) is 6.00. The van der Waals surface area contributed by atoms with Gasteiger partial charge in [-0.3, -0.25) is 14.5 Å². The molecule has 0 radical (unpaired) electrons. The number of halogens is 1. The zero-order valence-electron chi connectivity index (χ0n) is 20.5. The number of nitrogens with zero attached hydrogens (tertiary/aromatic N) is 2. The lowest BCUT2D eigenvalue weighted by molar-refractivity contribution is -0.123. The zero-order chi connectivity index (χ0) is 25.5.